The van der Waals surface area contributed by atoms with Crippen LogP contribution in [0.15, 0.2) is 0 Å². The second kappa shape index (κ2) is 4.22. The molecule has 20 heavy (non-hydrogen) atoms. The lowest BCUT2D eigenvalue weighted by molar-refractivity contribution is -0.141. The van der Waals surface area contributed by atoms with E-state index in [-0.39, 0.29) is 5.97 Å². The topological polar surface area (TPSA) is 35.5 Å². The number of alkyl halides is 1. The molecule has 0 aromatic heterocycles. The lowest BCUT2D eigenvalue weighted by Crippen LogP contribution is -2.26. The SMILES string of the molecule is CC(=O)OCCC12C(Br)C3C4C[C@H](OC(C)C)C3C1C42. The number of rotatable bonds is 5. The maximum Gasteiger partial charge on any atom is 0.302 e. The summed E-state index contributed by atoms with van der Waals surface area (Å²) in [4.78, 5) is 11.6. The van der Waals surface area contributed by atoms with E-state index in [1.165, 1.54) is 13.3 Å². The van der Waals surface area contributed by atoms with Gasteiger partial charge in [-0.25, -0.2) is 0 Å². The predicted molar refractivity (Wildman–Crippen MR) is 78.5 cm³/mol. The highest BCUT2D eigenvalue weighted by Crippen LogP contribution is 2.89. The van der Waals surface area contributed by atoms with Crippen LogP contribution in [0.5, 0.6) is 0 Å². The summed E-state index contributed by atoms with van der Waals surface area (Å²) in [6.07, 6.45) is 3.10. The molecule has 0 N–H and O–H groups in total. The van der Waals surface area contributed by atoms with Crippen LogP contribution in [0.3, 0.4) is 0 Å². The average molecular weight is 343 g/mol. The van der Waals surface area contributed by atoms with Crippen LogP contribution < -0.4 is 0 Å². The van der Waals surface area contributed by atoms with Crippen LogP contribution in [0.25, 0.3) is 0 Å². The zero-order valence-corrected chi connectivity index (χ0v) is 13.9. The van der Waals surface area contributed by atoms with Gasteiger partial charge in [0.2, 0.25) is 0 Å². The van der Waals surface area contributed by atoms with E-state index in [1.807, 2.05) is 0 Å². The lowest BCUT2D eigenvalue weighted by Gasteiger charge is -2.24. The fourth-order valence-corrected chi connectivity index (χ4v) is 7.82. The molecule has 5 saturated carbocycles. The molecule has 5 fully saturated rings. The minimum absolute atomic E-state index is 0.154. The first-order valence-corrected chi connectivity index (χ1v) is 8.83. The number of ether oxygens (including phenoxy) is 2. The van der Waals surface area contributed by atoms with Crippen molar-refractivity contribution in [1.29, 1.82) is 0 Å². The molecule has 7 unspecified atom stereocenters. The second-order valence-electron chi connectivity index (χ2n) is 7.43. The van der Waals surface area contributed by atoms with Crippen molar-refractivity contribution in [2.75, 3.05) is 6.61 Å². The van der Waals surface area contributed by atoms with E-state index in [9.17, 15) is 4.79 Å². The number of hydrogen-bond acceptors (Lipinski definition) is 3. The quantitative estimate of drug-likeness (QED) is 0.569. The Kier molecular flexibility index (Phi) is 2.86. The average Bonchev–Trinajstić information content (AvgIpc) is 2.58. The number of esters is 1. The van der Waals surface area contributed by atoms with Crippen LogP contribution in [0.1, 0.15) is 33.6 Å². The van der Waals surface area contributed by atoms with Crippen molar-refractivity contribution in [3.05, 3.63) is 0 Å². The molecule has 4 heteroatoms. The fraction of sp³-hybridized carbons (Fsp3) is 0.938. The largest absolute Gasteiger partial charge is 0.466 e. The molecule has 8 atom stereocenters. The maximum absolute atomic E-state index is 11.0. The van der Waals surface area contributed by atoms with Crippen molar-refractivity contribution in [3.63, 3.8) is 0 Å². The highest BCUT2D eigenvalue weighted by molar-refractivity contribution is 9.09. The minimum atomic E-state index is -0.154. The Hall–Kier alpha value is -0.0900. The van der Waals surface area contributed by atoms with Gasteiger partial charge in [0.05, 0.1) is 18.8 Å². The minimum Gasteiger partial charge on any atom is -0.466 e. The smallest absolute Gasteiger partial charge is 0.302 e. The summed E-state index contributed by atoms with van der Waals surface area (Å²) in [6.45, 7) is 6.37. The fourth-order valence-electron chi connectivity index (χ4n) is 6.23. The van der Waals surface area contributed by atoms with Crippen molar-refractivity contribution >= 4 is 21.9 Å². The molecule has 0 amide bonds. The van der Waals surface area contributed by atoms with Crippen molar-refractivity contribution in [2.24, 2.45) is 35.0 Å². The molecule has 0 saturated heterocycles. The van der Waals surface area contributed by atoms with Gasteiger partial charge in [-0.1, -0.05) is 15.9 Å². The normalized spacial score (nSPS) is 53.8. The van der Waals surface area contributed by atoms with E-state index in [2.05, 4.69) is 29.8 Å². The summed E-state index contributed by atoms with van der Waals surface area (Å²) in [6, 6.07) is 0. The van der Waals surface area contributed by atoms with E-state index in [1.54, 1.807) is 0 Å². The van der Waals surface area contributed by atoms with Crippen molar-refractivity contribution in [1.82, 2.24) is 0 Å². The van der Waals surface area contributed by atoms with Crippen LogP contribution in [-0.4, -0.2) is 29.6 Å². The summed E-state index contributed by atoms with van der Waals surface area (Å²) < 4.78 is 11.4. The Balaban J connectivity index is 1.48. The summed E-state index contributed by atoms with van der Waals surface area (Å²) in [7, 11) is 0. The first-order valence-electron chi connectivity index (χ1n) is 7.91. The molecule has 112 valence electrons. The van der Waals surface area contributed by atoms with Gasteiger partial charge in [0, 0.05) is 11.8 Å². The molecular formula is C16H23BrO3. The third-order valence-corrected chi connectivity index (χ3v) is 7.87. The van der Waals surface area contributed by atoms with Gasteiger partial charge >= 0.3 is 5.97 Å². The molecule has 0 aromatic carbocycles. The van der Waals surface area contributed by atoms with E-state index in [0.29, 0.717) is 29.1 Å². The first-order chi connectivity index (χ1) is 9.48. The van der Waals surface area contributed by atoms with Crippen LogP contribution in [0.2, 0.25) is 0 Å². The first kappa shape index (κ1) is 13.6. The molecule has 6 bridgehead atoms. The number of hydrogen-bond donors (Lipinski definition) is 0. The molecule has 0 aliphatic heterocycles. The summed E-state index contributed by atoms with van der Waals surface area (Å²) in [5, 5.41) is 0. The Morgan fingerprint density at radius 1 is 1.35 bits per heavy atom. The maximum atomic E-state index is 11.0. The standard InChI is InChI=1S/C16H23BrO3/c1-7(2)20-10-6-9-11-12(10)14-13(9)16(14,15(11)17)4-5-19-8(3)18/h7,9-15H,4-6H2,1-3H3/t9?,10-,11?,12?,13?,14?,15?,16?/m0/s1. The van der Waals surface area contributed by atoms with Crippen molar-refractivity contribution in [2.45, 2.75) is 50.6 Å². The van der Waals surface area contributed by atoms with Gasteiger partial charge in [-0.15, -0.1) is 0 Å². The summed E-state index contributed by atoms with van der Waals surface area (Å²) in [5.41, 5.74) is 0.421. The Labute approximate surface area is 128 Å². The zero-order chi connectivity index (χ0) is 14.2. The van der Waals surface area contributed by atoms with Gasteiger partial charge in [-0.05, 0) is 61.7 Å². The monoisotopic (exact) mass is 342 g/mol. The zero-order valence-electron chi connectivity index (χ0n) is 12.3. The van der Waals surface area contributed by atoms with Crippen molar-refractivity contribution < 1.29 is 14.3 Å². The van der Waals surface area contributed by atoms with Crippen LogP contribution >= 0.6 is 15.9 Å². The molecule has 0 aromatic rings. The van der Waals surface area contributed by atoms with E-state index < -0.39 is 0 Å². The third kappa shape index (κ3) is 1.48. The number of carbonyl (C=O) groups is 1. The van der Waals surface area contributed by atoms with Crippen LogP contribution in [0, 0.1) is 35.0 Å². The van der Waals surface area contributed by atoms with Gasteiger partial charge in [0.25, 0.3) is 0 Å². The Morgan fingerprint density at radius 2 is 2.10 bits per heavy atom. The highest BCUT2D eigenvalue weighted by atomic mass is 79.9. The van der Waals surface area contributed by atoms with E-state index in [4.69, 9.17) is 9.47 Å². The van der Waals surface area contributed by atoms with E-state index in [0.717, 1.165) is 36.0 Å². The van der Waals surface area contributed by atoms with Gasteiger partial charge in [-0.2, -0.15) is 0 Å². The van der Waals surface area contributed by atoms with Crippen molar-refractivity contribution in [3.8, 4) is 0 Å². The van der Waals surface area contributed by atoms with Gasteiger partial charge in [0.15, 0.2) is 0 Å². The van der Waals surface area contributed by atoms with Gasteiger partial charge in [0.1, 0.15) is 0 Å². The summed E-state index contributed by atoms with van der Waals surface area (Å²) in [5.74, 6) is 3.98. The molecule has 5 aliphatic rings. The Morgan fingerprint density at radius 3 is 2.70 bits per heavy atom. The molecule has 0 spiro atoms. The molecule has 0 heterocycles. The lowest BCUT2D eigenvalue weighted by atomic mass is 9.97. The molecule has 5 rings (SSSR count). The van der Waals surface area contributed by atoms with E-state index >= 15 is 0 Å². The molecule has 0 radical (unpaired) electrons. The van der Waals surface area contributed by atoms with Gasteiger partial charge in [-0.3, -0.25) is 4.79 Å². The molecule has 3 nitrogen and oxygen atoms in total. The third-order valence-electron chi connectivity index (χ3n) is 6.41. The summed E-state index contributed by atoms with van der Waals surface area (Å²) >= 11 is 4.00. The predicted octanol–water partition coefficient (Wildman–Crippen LogP) is 3.01. The number of halogens is 1. The van der Waals surface area contributed by atoms with Crippen LogP contribution in [-0.2, 0) is 14.3 Å². The second-order valence-corrected chi connectivity index (χ2v) is 8.42. The Bertz CT molecular complexity index is 447. The van der Waals surface area contributed by atoms with Crippen LogP contribution in [0.4, 0.5) is 0 Å². The molecule has 5 aliphatic carbocycles. The molecular weight excluding hydrogens is 320 g/mol. The highest BCUT2D eigenvalue weighted by Gasteiger charge is 2.88. The van der Waals surface area contributed by atoms with Gasteiger partial charge < -0.3 is 9.47 Å². The number of carbonyl (C=O) groups excluding carboxylic acids is 1.